The highest BCUT2D eigenvalue weighted by atomic mass is 19.1. The molecule has 0 bridgehead atoms. The molecule has 2 aromatic rings. The van der Waals surface area contributed by atoms with E-state index in [9.17, 15) is 9.18 Å². The number of halogens is 1. The second-order valence-corrected chi connectivity index (χ2v) is 3.42. The fraction of sp³-hybridized carbons (Fsp3) is 0.0833. The predicted octanol–water partition coefficient (Wildman–Crippen LogP) is 1.82. The Bertz CT molecular complexity index is 548. The molecular weight excluding hydrogens is 239 g/mol. The molecule has 5 nitrogen and oxygen atoms in total. The monoisotopic (exact) mass is 248 g/mol. The van der Waals surface area contributed by atoms with Gasteiger partial charge in [0.2, 0.25) is 11.9 Å². The van der Waals surface area contributed by atoms with Gasteiger partial charge in [-0.15, -0.1) is 0 Å². The number of ether oxygens (including phenoxy) is 1. The third kappa shape index (κ3) is 2.60. The van der Waals surface area contributed by atoms with Gasteiger partial charge in [0.25, 0.3) is 5.88 Å². The zero-order chi connectivity index (χ0) is 13.0. The van der Waals surface area contributed by atoms with Gasteiger partial charge in [-0.25, -0.2) is 9.78 Å². The molecule has 1 unspecified atom stereocenters. The van der Waals surface area contributed by atoms with Crippen LogP contribution >= 0.6 is 0 Å². The largest absolute Gasteiger partial charge is 0.478 e. The van der Waals surface area contributed by atoms with E-state index in [0.717, 1.165) is 12.5 Å². The molecule has 0 saturated carbocycles. The Balaban J connectivity index is 2.28. The maximum absolute atomic E-state index is 13.3. The lowest BCUT2D eigenvalue weighted by Crippen LogP contribution is -2.19. The van der Waals surface area contributed by atoms with E-state index in [-0.39, 0.29) is 5.88 Å². The third-order valence-corrected chi connectivity index (χ3v) is 2.19. The summed E-state index contributed by atoms with van der Waals surface area (Å²) in [5.74, 6) is -2.42. The highest BCUT2D eigenvalue weighted by molar-refractivity contribution is 5.74. The standard InChI is InChI=1S/C12H9FN2O3/c13-9-6-14-7-15-11(9)18-10(12(16)17)8-4-2-1-3-5-8/h1-7,10H,(H,16,17). The Morgan fingerprint density at radius 3 is 2.67 bits per heavy atom. The molecule has 0 aliphatic heterocycles. The van der Waals surface area contributed by atoms with Crippen LogP contribution in [0.15, 0.2) is 42.9 Å². The van der Waals surface area contributed by atoms with Crippen LogP contribution in [-0.2, 0) is 4.79 Å². The van der Waals surface area contributed by atoms with Crippen molar-refractivity contribution in [1.29, 1.82) is 0 Å². The number of nitrogens with zero attached hydrogens (tertiary/aromatic N) is 2. The zero-order valence-corrected chi connectivity index (χ0v) is 9.15. The molecule has 1 heterocycles. The van der Waals surface area contributed by atoms with Gasteiger partial charge in [0.05, 0.1) is 6.20 Å². The number of carboxylic acid groups (broad SMARTS) is 1. The maximum atomic E-state index is 13.3. The summed E-state index contributed by atoms with van der Waals surface area (Å²) >= 11 is 0. The van der Waals surface area contributed by atoms with Crippen molar-refractivity contribution in [1.82, 2.24) is 9.97 Å². The summed E-state index contributed by atoms with van der Waals surface area (Å²) in [6.07, 6.45) is 0.685. The molecule has 18 heavy (non-hydrogen) atoms. The number of hydrogen-bond acceptors (Lipinski definition) is 4. The van der Waals surface area contributed by atoms with Crippen LogP contribution in [-0.4, -0.2) is 21.0 Å². The predicted molar refractivity (Wildman–Crippen MR) is 59.4 cm³/mol. The number of aliphatic carboxylic acids is 1. The zero-order valence-electron chi connectivity index (χ0n) is 9.15. The van der Waals surface area contributed by atoms with Gasteiger partial charge in [0.15, 0.2) is 0 Å². The van der Waals surface area contributed by atoms with Crippen LogP contribution in [0.5, 0.6) is 5.88 Å². The van der Waals surface area contributed by atoms with E-state index in [1.165, 1.54) is 0 Å². The summed E-state index contributed by atoms with van der Waals surface area (Å²) in [5.41, 5.74) is 0.406. The Labute approximate surface area is 102 Å². The van der Waals surface area contributed by atoms with Crippen LogP contribution < -0.4 is 4.74 Å². The molecule has 0 amide bonds. The molecule has 0 fully saturated rings. The first-order valence-electron chi connectivity index (χ1n) is 5.08. The maximum Gasteiger partial charge on any atom is 0.349 e. The van der Waals surface area contributed by atoms with Gasteiger partial charge in [-0.3, -0.25) is 0 Å². The van der Waals surface area contributed by atoms with Crippen molar-refractivity contribution >= 4 is 5.97 Å². The molecular formula is C12H9FN2O3. The van der Waals surface area contributed by atoms with Crippen molar-refractivity contribution in [3.63, 3.8) is 0 Å². The van der Waals surface area contributed by atoms with Gasteiger partial charge in [-0.1, -0.05) is 30.3 Å². The Kier molecular flexibility index (Phi) is 3.47. The normalized spacial score (nSPS) is 11.8. The summed E-state index contributed by atoms with van der Waals surface area (Å²) in [4.78, 5) is 18.1. The van der Waals surface area contributed by atoms with E-state index >= 15 is 0 Å². The van der Waals surface area contributed by atoms with Crippen molar-refractivity contribution in [2.24, 2.45) is 0 Å². The SMILES string of the molecule is O=C(O)C(Oc1ncncc1F)c1ccccc1. The van der Waals surface area contributed by atoms with E-state index in [1.54, 1.807) is 30.3 Å². The third-order valence-electron chi connectivity index (χ3n) is 2.19. The summed E-state index contributed by atoms with van der Waals surface area (Å²) < 4.78 is 18.4. The molecule has 1 aromatic carbocycles. The van der Waals surface area contributed by atoms with Gasteiger partial charge in [0.1, 0.15) is 6.33 Å². The average Bonchev–Trinajstić information content (AvgIpc) is 2.38. The van der Waals surface area contributed by atoms with Crippen LogP contribution in [0.1, 0.15) is 11.7 Å². The summed E-state index contributed by atoms with van der Waals surface area (Å²) in [6, 6.07) is 8.25. The van der Waals surface area contributed by atoms with Gasteiger partial charge in [0, 0.05) is 5.56 Å². The number of benzene rings is 1. The van der Waals surface area contributed by atoms with Gasteiger partial charge in [-0.05, 0) is 0 Å². The highest BCUT2D eigenvalue weighted by Gasteiger charge is 2.23. The van der Waals surface area contributed by atoms with Gasteiger partial charge in [-0.2, -0.15) is 9.37 Å². The Hall–Kier alpha value is -2.50. The number of hydrogen-bond donors (Lipinski definition) is 1. The smallest absolute Gasteiger partial charge is 0.349 e. The van der Waals surface area contributed by atoms with Crippen molar-refractivity contribution in [3.05, 3.63) is 54.2 Å². The van der Waals surface area contributed by atoms with Crippen molar-refractivity contribution in [3.8, 4) is 5.88 Å². The quantitative estimate of drug-likeness (QED) is 0.893. The molecule has 0 saturated heterocycles. The molecule has 2 rings (SSSR count). The first-order valence-corrected chi connectivity index (χ1v) is 5.08. The van der Waals surface area contributed by atoms with E-state index in [1.807, 2.05) is 0 Å². The van der Waals surface area contributed by atoms with Crippen LogP contribution in [0.2, 0.25) is 0 Å². The molecule has 0 aliphatic rings. The number of carbonyl (C=O) groups is 1. The lowest BCUT2D eigenvalue weighted by atomic mass is 10.1. The van der Waals surface area contributed by atoms with Gasteiger partial charge < -0.3 is 9.84 Å². The number of aromatic nitrogens is 2. The lowest BCUT2D eigenvalue weighted by molar-refractivity contribution is -0.145. The first kappa shape index (κ1) is 12.0. The molecule has 1 atom stereocenters. The first-order chi connectivity index (χ1) is 8.68. The molecule has 92 valence electrons. The fourth-order valence-electron chi connectivity index (χ4n) is 1.39. The molecule has 0 spiro atoms. The summed E-state index contributed by atoms with van der Waals surface area (Å²) in [5, 5.41) is 9.09. The minimum Gasteiger partial charge on any atom is -0.478 e. The minimum atomic E-state index is -1.31. The van der Waals surface area contributed by atoms with Gasteiger partial charge >= 0.3 is 5.97 Å². The summed E-state index contributed by atoms with van der Waals surface area (Å²) in [7, 11) is 0. The van der Waals surface area contributed by atoms with E-state index in [0.29, 0.717) is 5.56 Å². The minimum absolute atomic E-state index is 0.388. The van der Waals surface area contributed by atoms with E-state index < -0.39 is 17.9 Å². The number of rotatable bonds is 4. The second kappa shape index (κ2) is 5.22. The van der Waals surface area contributed by atoms with Crippen LogP contribution in [0.4, 0.5) is 4.39 Å². The van der Waals surface area contributed by atoms with Crippen molar-refractivity contribution < 1.29 is 19.0 Å². The van der Waals surface area contributed by atoms with E-state index in [4.69, 9.17) is 9.84 Å². The average molecular weight is 248 g/mol. The van der Waals surface area contributed by atoms with Crippen molar-refractivity contribution in [2.75, 3.05) is 0 Å². The van der Waals surface area contributed by atoms with Crippen LogP contribution in [0, 0.1) is 5.82 Å². The number of carboxylic acids is 1. The molecule has 6 heteroatoms. The molecule has 1 aromatic heterocycles. The molecule has 0 radical (unpaired) electrons. The topological polar surface area (TPSA) is 72.3 Å². The molecule has 0 aliphatic carbocycles. The van der Waals surface area contributed by atoms with Crippen LogP contribution in [0.25, 0.3) is 0 Å². The second-order valence-electron chi connectivity index (χ2n) is 3.42. The fourth-order valence-corrected chi connectivity index (χ4v) is 1.39. The molecule has 1 N–H and O–H groups in total. The lowest BCUT2D eigenvalue weighted by Gasteiger charge is -2.14. The Morgan fingerprint density at radius 2 is 2.06 bits per heavy atom. The summed E-state index contributed by atoms with van der Waals surface area (Å²) in [6.45, 7) is 0. The van der Waals surface area contributed by atoms with Crippen molar-refractivity contribution in [2.45, 2.75) is 6.10 Å². The van der Waals surface area contributed by atoms with Crippen LogP contribution in [0.3, 0.4) is 0 Å². The highest BCUT2D eigenvalue weighted by Crippen LogP contribution is 2.22. The Morgan fingerprint density at radius 1 is 1.33 bits per heavy atom. The van der Waals surface area contributed by atoms with E-state index in [2.05, 4.69) is 9.97 Å².